The van der Waals surface area contributed by atoms with Crippen LogP contribution in [0.3, 0.4) is 0 Å². The molecule has 0 amide bonds. The van der Waals surface area contributed by atoms with Crippen LogP contribution < -0.4 is 5.73 Å². The van der Waals surface area contributed by atoms with E-state index in [0.29, 0.717) is 12.6 Å². The number of halogens is 1. The number of hydrogen-bond donors (Lipinski definition) is 1. The van der Waals surface area contributed by atoms with Crippen LogP contribution in [-0.2, 0) is 6.54 Å². The second-order valence-electron chi connectivity index (χ2n) is 3.26. The maximum absolute atomic E-state index is 5.58. The van der Waals surface area contributed by atoms with E-state index in [4.69, 9.17) is 5.73 Å². The third kappa shape index (κ3) is 3.38. The van der Waals surface area contributed by atoms with Crippen LogP contribution in [0.15, 0.2) is 15.2 Å². The molecule has 13 heavy (non-hydrogen) atoms. The molecule has 1 aromatic rings. The van der Waals surface area contributed by atoms with Crippen molar-refractivity contribution in [3.05, 3.63) is 20.8 Å². The van der Waals surface area contributed by atoms with Crippen LogP contribution in [0.2, 0.25) is 0 Å². The molecule has 2 N–H and O–H groups in total. The van der Waals surface area contributed by atoms with Gasteiger partial charge in [-0.15, -0.1) is 11.3 Å². The molecule has 0 aliphatic carbocycles. The Kier molecular flexibility index (Phi) is 4.38. The lowest BCUT2D eigenvalue weighted by molar-refractivity contribution is 0.255. The monoisotopic (exact) mass is 262 g/mol. The van der Waals surface area contributed by atoms with Crippen LogP contribution in [-0.4, -0.2) is 24.5 Å². The van der Waals surface area contributed by atoms with Gasteiger partial charge in [-0.25, -0.2) is 0 Å². The molecule has 0 spiro atoms. The van der Waals surface area contributed by atoms with E-state index in [1.807, 2.05) is 0 Å². The summed E-state index contributed by atoms with van der Waals surface area (Å²) < 4.78 is 1.19. The Bertz CT molecular complexity index is 262. The minimum Gasteiger partial charge on any atom is -0.329 e. The minimum absolute atomic E-state index is 0.443. The first-order valence-electron chi connectivity index (χ1n) is 4.26. The summed E-state index contributed by atoms with van der Waals surface area (Å²) in [6.07, 6.45) is 0. The van der Waals surface area contributed by atoms with Gasteiger partial charge in [-0.05, 0) is 46.9 Å². The number of likely N-dealkylation sites (N-methyl/N-ethyl adjacent to an activating group) is 1. The third-order valence-corrected chi connectivity index (χ3v) is 3.70. The van der Waals surface area contributed by atoms with Crippen LogP contribution in [0, 0.1) is 0 Å². The molecule has 0 saturated heterocycles. The number of hydrogen-bond acceptors (Lipinski definition) is 3. The molecule has 0 saturated carbocycles. The van der Waals surface area contributed by atoms with Crippen molar-refractivity contribution < 1.29 is 0 Å². The largest absolute Gasteiger partial charge is 0.329 e. The molecule has 0 aliphatic heterocycles. The molecule has 0 aliphatic rings. The van der Waals surface area contributed by atoms with Gasteiger partial charge >= 0.3 is 0 Å². The Morgan fingerprint density at radius 1 is 1.69 bits per heavy atom. The van der Waals surface area contributed by atoms with Crippen LogP contribution in [0.25, 0.3) is 0 Å². The minimum atomic E-state index is 0.443. The first kappa shape index (κ1) is 11.2. The number of nitrogens with two attached hydrogens (primary N) is 1. The SMILES string of the molecule is CC(CN)N(C)Cc1csc(Br)c1. The summed E-state index contributed by atoms with van der Waals surface area (Å²) in [7, 11) is 2.10. The number of rotatable bonds is 4. The molecule has 1 atom stereocenters. The zero-order valence-electron chi connectivity index (χ0n) is 7.96. The van der Waals surface area contributed by atoms with E-state index < -0.39 is 0 Å². The van der Waals surface area contributed by atoms with Gasteiger partial charge in [0.05, 0.1) is 3.79 Å². The molecule has 1 aromatic heterocycles. The van der Waals surface area contributed by atoms with Crippen LogP contribution in [0.1, 0.15) is 12.5 Å². The molecular weight excluding hydrogens is 248 g/mol. The van der Waals surface area contributed by atoms with Crippen molar-refractivity contribution in [1.29, 1.82) is 0 Å². The fraction of sp³-hybridized carbons (Fsp3) is 0.556. The zero-order chi connectivity index (χ0) is 9.84. The molecule has 74 valence electrons. The highest BCUT2D eigenvalue weighted by molar-refractivity contribution is 9.11. The highest BCUT2D eigenvalue weighted by atomic mass is 79.9. The van der Waals surface area contributed by atoms with Gasteiger partial charge in [-0.2, -0.15) is 0 Å². The average molecular weight is 263 g/mol. The van der Waals surface area contributed by atoms with Gasteiger partial charge in [0, 0.05) is 19.1 Å². The quantitative estimate of drug-likeness (QED) is 0.903. The fourth-order valence-corrected chi connectivity index (χ4v) is 2.25. The van der Waals surface area contributed by atoms with Crippen molar-refractivity contribution in [2.24, 2.45) is 5.73 Å². The lowest BCUT2D eigenvalue weighted by atomic mass is 10.2. The predicted molar refractivity (Wildman–Crippen MR) is 62.0 cm³/mol. The van der Waals surface area contributed by atoms with Crippen molar-refractivity contribution in [1.82, 2.24) is 4.90 Å². The summed E-state index contributed by atoms with van der Waals surface area (Å²) in [5, 5.41) is 2.17. The van der Waals surface area contributed by atoms with Crippen molar-refractivity contribution >= 4 is 27.3 Å². The molecule has 1 unspecified atom stereocenters. The summed E-state index contributed by atoms with van der Waals surface area (Å²) in [6, 6.07) is 2.60. The maximum atomic E-state index is 5.58. The Labute approximate surface area is 91.9 Å². The number of thiophene rings is 1. The first-order chi connectivity index (χ1) is 6.13. The highest BCUT2D eigenvalue weighted by Crippen LogP contribution is 2.21. The molecule has 1 heterocycles. The maximum Gasteiger partial charge on any atom is 0.0701 e. The van der Waals surface area contributed by atoms with Gasteiger partial charge in [-0.3, -0.25) is 4.90 Å². The summed E-state index contributed by atoms with van der Waals surface area (Å²) in [6.45, 7) is 3.82. The van der Waals surface area contributed by atoms with Crippen molar-refractivity contribution in [2.75, 3.05) is 13.6 Å². The molecule has 0 bridgehead atoms. The topological polar surface area (TPSA) is 29.3 Å². The molecule has 0 aromatic carbocycles. The Morgan fingerprint density at radius 3 is 2.85 bits per heavy atom. The molecule has 1 rings (SSSR count). The first-order valence-corrected chi connectivity index (χ1v) is 5.94. The highest BCUT2D eigenvalue weighted by Gasteiger charge is 2.08. The standard InChI is InChI=1S/C9H15BrN2S/c1-7(4-11)12(2)5-8-3-9(10)13-6-8/h3,6-7H,4-5,11H2,1-2H3. The van der Waals surface area contributed by atoms with E-state index in [0.717, 1.165) is 6.54 Å². The second kappa shape index (κ2) is 5.10. The van der Waals surface area contributed by atoms with Gasteiger partial charge in [0.2, 0.25) is 0 Å². The number of nitrogens with zero attached hydrogens (tertiary/aromatic N) is 1. The zero-order valence-corrected chi connectivity index (χ0v) is 10.4. The van der Waals surface area contributed by atoms with E-state index in [1.165, 1.54) is 9.35 Å². The molecule has 4 heteroatoms. The average Bonchev–Trinajstić information content (AvgIpc) is 2.49. The summed E-state index contributed by atoms with van der Waals surface area (Å²) >= 11 is 5.18. The lowest BCUT2D eigenvalue weighted by Crippen LogP contribution is -2.34. The third-order valence-electron chi connectivity index (χ3n) is 2.15. The van der Waals surface area contributed by atoms with Gasteiger partial charge in [0.1, 0.15) is 0 Å². The smallest absolute Gasteiger partial charge is 0.0701 e. The second-order valence-corrected chi connectivity index (χ2v) is 5.55. The summed E-state index contributed by atoms with van der Waals surface area (Å²) in [5.41, 5.74) is 6.93. The van der Waals surface area contributed by atoms with Crippen molar-refractivity contribution in [3.8, 4) is 0 Å². The normalized spacial score (nSPS) is 13.6. The molecule has 0 fully saturated rings. The van der Waals surface area contributed by atoms with E-state index in [2.05, 4.69) is 46.2 Å². The Hall–Kier alpha value is 0.100. The predicted octanol–water partition coefficient (Wildman–Crippen LogP) is 2.29. The molecule has 0 radical (unpaired) electrons. The van der Waals surface area contributed by atoms with Gasteiger partial charge in [0.15, 0.2) is 0 Å². The van der Waals surface area contributed by atoms with Gasteiger partial charge in [-0.1, -0.05) is 0 Å². The van der Waals surface area contributed by atoms with Crippen LogP contribution in [0.5, 0.6) is 0 Å². The summed E-state index contributed by atoms with van der Waals surface area (Å²) in [4.78, 5) is 2.26. The molecular formula is C9H15BrN2S. The van der Waals surface area contributed by atoms with Crippen LogP contribution >= 0.6 is 27.3 Å². The lowest BCUT2D eigenvalue weighted by Gasteiger charge is -2.22. The van der Waals surface area contributed by atoms with E-state index >= 15 is 0 Å². The van der Waals surface area contributed by atoms with E-state index in [1.54, 1.807) is 11.3 Å². The van der Waals surface area contributed by atoms with Gasteiger partial charge < -0.3 is 5.73 Å². The fourth-order valence-electron chi connectivity index (χ4n) is 1.05. The van der Waals surface area contributed by atoms with E-state index in [-0.39, 0.29) is 0 Å². The van der Waals surface area contributed by atoms with Crippen molar-refractivity contribution in [2.45, 2.75) is 19.5 Å². The Morgan fingerprint density at radius 2 is 2.38 bits per heavy atom. The molecule has 2 nitrogen and oxygen atoms in total. The van der Waals surface area contributed by atoms with Gasteiger partial charge in [0.25, 0.3) is 0 Å². The van der Waals surface area contributed by atoms with E-state index in [9.17, 15) is 0 Å². The Balaban J connectivity index is 2.49. The van der Waals surface area contributed by atoms with Crippen LogP contribution in [0.4, 0.5) is 0 Å². The van der Waals surface area contributed by atoms with Crippen molar-refractivity contribution in [3.63, 3.8) is 0 Å². The summed E-state index contributed by atoms with van der Waals surface area (Å²) in [5.74, 6) is 0.